The number of carbonyl (C=O) groups is 3. The molecule has 1 heterocycles. The van der Waals surface area contributed by atoms with Crippen LogP contribution in [0.4, 0.5) is 0 Å². The predicted molar refractivity (Wildman–Crippen MR) is 83.3 cm³/mol. The van der Waals surface area contributed by atoms with Gasteiger partial charge in [0.2, 0.25) is 6.29 Å². The van der Waals surface area contributed by atoms with Crippen molar-refractivity contribution in [1.29, 1.82) is 0 Å². The fourth-order valence-electron chi connectivity index (χ4n) is 3.04. The minimum atomic E-state index is -1.26. The van der Waals surface area contributed by atoms with Crippen molar-refractivity contribution in [1.82, 2.24) is 0 Å². The lowest BCUT2D eigenvalue weighted by Gasteiger charge is -2.30. The number of ketones is 2. The molecular formula is C17H26O6. The van der Waals surface area contributed by atoms with Gasteiger partial charge in [-0.15, -0.1) is 0 Å². The number of hydrogen-bond donors (Lipinski definition) is 0. The molecule has 0 fully saturated rings. The van der Waals surface area contributed by atoms with Crippen molar-refractivity contribution in [3.8, 4) is 0 Å². The van der Waals surface area contributed by atoms with Gasteiger partial charge in [0.05, 0.1) is 19.3 Å². The summed E-state index contributed by atoms with van der Waals surface area (Å²) < 4.78 is 15.5. The topological polar surface area (TPSA) is 78.9 Å². The summed E-state index contributed by atoms with van der Waals surface area (Å²) in [5.74, 6) is -1.98. The van der Waals surface area contributed by atoms with Gasteiger partial charge < -0.3 is 14.2 Å². The standard InChI is InChI=1S/C17H26O6/c1-7-17(8-2,16(20)22-6)14(19)12-9-23-15(21-5)13(12)10(3)11(4)18/h9-10,13,15H,7-8H2,1-6H3/t10-,13?,15+/m0/s1. The van der Waals surface area contributed by atoms with Crippen LogP contribution in [0.5, 0.6) is 0 Å². The molecule has 3 atom stereocenters. The molecule has 0 saturated carbocycles. The lowest BCUT2D eigenvalue weighted by Crippen LogP contribution is -2.43. The summed E-state index contributed by atoms with van der Waals surface area (Å²) in [6.07, 6.45) is 1.23. The first kappa shape index (κ1) is 19.4. The average Bonchev–Trinajstić information content (AvgIpc) is 2.98. The van der Waals surface area contributed by atoms with E-state index < -0.39 is 29.5 Å². The van der Waals surface area contributed by atoms with Crippen LogP contribution in [0.3, 0.4) is 0 Å². The zero-order chi connectivity index (χ0) is 17.8. The summed E-state index contributed by atoms with van der Waals surface area (Å²) >= 11 is 0. The third-order valence-corrected chi connectivity index (χ3v) is 4.87. The van der Waals surface area contributed by atoms with Crippen molar-refractivity contribution in [2.75, 3.05) is 14.2 Å². The molecular weight excluding hydrogens is 300 g/mol. The minimum Gasteiger partial charge on any atom is -0.471 e. The SMILES string of the molecule is CCC(CC)(C(=O)OC)C(=O)C1=CO[C@@H](OC)C1[C@@H](C)C(C)=O. The van der Waals surface area contributed by atoms with Crippen molar-refractivity contribution in [2.24, 2.45) is 17.3 Å². The van der Waals surface area contributed by atoms with E-state index in [1.807, 2.05) is 0 Å². The Bertz CT molecular complexity index is 503. The Hall–Kier alpha value is -1.69. The Balaban J connectivity index is 3.27. The molecule has 0 spiro atoms. The van der Waals surface area contributed by atoms with Crippen LogP contribution in [0.15, 0.2) is 11.8 Å². The number of hydrogen-bond acceptors (Lipinski definition) is 6. The fourth-order valence-corrected chi connectivity index (χ4v) is 3.04. The van der Waals surface area contributed by atoms with Gasteiger partial charge in [-0.25, -0.2) is 0 Å². The monoisotopic (exact) mass is 326 g/mol. The minimum absolute atomic E-state index is 0.0714. The molecule has 0 N–H and O–H groups in total. The number of esters is 1. The van der Waals surface area contributed by atoms with Crippen LogP contribution in [0, 0.1) is 17.3 Å². The molecule has 0 aliphatic carbocycles. The molecule has 0 radical (unpaired) electrons. The van der Waals surface area contributed by atoms with E-state index in [0.29, 0.717) is 18.4 Å². The van der Waals surface area contributed by atoms with E-state index in [1.54, 1.807) is 20.8 Å². The van der Waals surface area contributed by atoms with Gasteiger partial charge >= 0.3 is 5.97 Å². The van der Waals surface area contributed by atoms with Crippen LogP contribution in [-0.2, 0) is 28.6 Å². The summed E-state index contributed by atoms with van der Waals surface area (Å²) in [6, 6.07) is 0. The second-order valence-corrected chi connectivity index (χ2v) is 5.85. The van der Waals surface area contributed by atoms with Crippen molar-refractivity contribution >= 4 is 17.5 Å². The van der Waals surface area contributed by atoms with E-state index in [0.717, 1.165) is 0 Å². The highest BCUT2D eigenvalue weighted by molar-refractivity contribution is 6.12. The van der Waals surface area contributed by atoms with Gasteiger partial charge in [0.25, 0.3) is 0 Å². The smallest absolute Gasteiger partial charge is 0.319 e. The second kappa shape index (κ2) is 7.73. The highest BCUT2D eigenvalue weighted by Gasteiger charge is 2.50. The van der Waals surface area contributed by atoms with E-state index in [9.17, 15) is 14.4 Å². The van der Waals surface area contributed by atoms with Crippen molar-refractivity contribution < 1.29 is 28.6 Å². The van der Waals surface area contributed by atoms with Crippen LogP contribution >= 0.6 is 0 Å². The zero-order valence-corrected chi connectivity index (χ0v) is 14.7. The second-order valence-electron chi connectivity index (χ2n) is 5.85. The highest BCUT2D eigenvalue weighted by atomic mass is 16.7. The zero-order valence-electron chi connectivity index (χ0n) is 14.7. The quantitative estimate of drug-likeness (QED) is 0.503. The van der Waals surface area contributed by atoms with Crippen molar-refractivity contribution in [3.05, 3.63) is 11.8 Å². The van der Waals surface area contributed by atoms with Crippen LogP contribution in [0.25, 0.3) is 0 Å². The normalized spacial score (nSPS) is 22.1. The maximum atomic E-state index is 13.1. The van der Waals surface area contributed by atoms with Gasteiger partial charge in [-0.3, -0.25) is 14.4 Å². The van der Waals surface area contributed by atoms with E-state index in [-0.39, 0.29) is 11.6 Å². The van der Waals surface area contributed by atoms with Gasteiger partial charge in [-0.1, -0.05) is 20.8 Å². The van der Waals surface area contributed by atoms with E-state index in [4.69, 9.17) is 14.2 Å². The summed E-state index contributed by atoms with van der Waals surface area (Å²) in [5.41, 5.74) is -0.949. The molecule has 0 saturated heterocycles. The Morgan fingerprint density at radius 2 is 1.83 bits per heavy atom. The molecule has 1 aliphatic heterocycles. The van der Waals surface area contributed by atoms with E-state index >= 15 is 0 Å². The molecule has 0 aromatic carbocycles. The summed E-state index contributed by atoms with van der Waals surface area (Å²) in [7, 11) is 2.72. The van der Waals surface area contributed by atoms with Crippen LogP contribution in [0.1, 0.15) is 40.5 Å². The molecule has 1 aliphatic rings. The first-order chi connectivity index (χ1) is 10.8. The number of methoxy groups -OCH3 is 2. The molecule has 0 aromatic heterocycles. The Morgan fingerprint density at radius 1 is 1.26 bits per heavy atom. The lowest BCUT2D eigenvalue weighted by molar-refractivity contribution is -0.158. The molecule has 130 valence electrons. The molecule has 0 amide bonds. The highest BCUT2D eigenvalue weighted by Crippen LogP contribution is 2.40. The molecule has 0 bridgehead atoms. The van der Waals surface area contributed by atoms with Crippen molar-refractivity contribution in [3.63, 3.8) is 0 Å². The molecule has 6 nitrogen and oxygen atoms in total. The van der Waals surface area contributed by atoms with Crippen LogP contribution in [-0.4, -0.2) is 38.0 Å². The molecule has 1 rings (SSSR count). The summed E-state index contributed by atoms with van der Waals surface area (Å²) in [5, 5.41) is 0. The third kappa shape index (κ3) is 3.32. The first-order valence-electron chi connectivity index (χ1n) is 7.82. The van der Waals surface area contributed by atoms with Gasteiger partial charge in [0.1, 0.15) is 11.2 Å². The number of ether oxygens (including phenoxy) is 3. The maximum absolute atomic E-state index is 13.1. The van der Waals surface area contributed by atoms with Crippen molar-refractivity contribution in [2.45, 2.75) is 46.8 Å². The molecule has 0 aromatic rings. The predicted octanol–water partition coefficient (Wildman–Crippen LogP) is 2.26. The molecule has 6 heteroatoms. The number of rotatable bonds is 8. The largest absolute Gasteiger partial charge is 0.471 e. The molecule has 23 heavy (non-hydrogen) atoms. The van der Waals surface area contributed by atoms with Gasteiger partial charge in [-0.05, 0) is 19.8 Å². The van der Waals surface area contributed by atoms with Gasteiger partial charge in [0.15, 0.2) is 5.78 Å². The van der Waals surface area contributed by atoms with Crippen LogP contribution in [0.2, 0.25) is 0 Å². The van der Waals surface area contributed by atoms with E-state index in [1.165, 1.54) is 27.4 Å². The Kier molecular flexibility index (Phi) is 6.50. The van der Waals surface area contributed by atoms with Crippen LogP contribution < -0.4 is 0 Å². The maximum Gasteiger partial charge on any atom is 0.319 e. The Morgan fingerprint density at radius 3 is 2.22 bits per heavy atom. The third-order valence-electron chi connectivity index (χ3n) is 4.87. The summed E-state index contributed by atoms with van der Waals surface area (Å²) in [4.78, 5) is 37.2. The first-order valence-corrected chi connectivity index (χ1v) is 7.82. The van der Waals surface area contributed by atoms with Gasteiger partial charge in [0, 0.05) is 18.6 Å². The number of Topliss-reactive ketones (excluding diaryl/α,β-unsaturated/α-hetero) is 2. The summed E-state index contributed by atoms with van der Waals surface area (Å²) in [6.45, 7) is 6.73. The molecule has 1 unspecified atom stereocenters. The fraction of sp³-hybridized carbons (Fsp3) is 0.706. The number of carbonyl (C=O) groups excluding carboxylic acids is 3. The van der Waals surface area contributed by atoms with E-state index in [2.05, 4.69) is 0 Å². The average molecular weight is 326 g/mol. The van der Waals surface area contributed by atoms with Gasteiger partial charge in [-0.2, -0.15) is 0 Å². The lowest BCUT2D eigenvalue weighted by atomic mass is 9.71. The Labute approximate surface area is 137 Å².